The summed E-state index contributed by atoms with van der Waals surface area (Å²) in [5.41, 5.74) is 6.36. The van der Waals surface area contributed by atoms with Gasteiger partial charge in [0.2, 0.25) is 0 Å². The highest BCUT2D eigenvalue weighted by Crippen LogP contribution is 2.37. The van der Waals surface area contributed by atoms with E-state index in [-0.39, 0.29) is 17.6 Å². The van der Waals surface area contributed by atoms with E-state index in [2.05, 4.69) is 13.8 Å². The van der Waals surface area contributed by atoms with Crippen LogP contribution in [0.15, 0.2) is 0 Å². The van der Waals surface area contributed by atoms with Crippen LogP contribution >= 0.6 is 0 Å². The maximum atomic E-state index is 6.17. The van der Waals surface area contributed by atoms with Gasteiger partial charge in [-0.05, 0) is 18.3 Å². The van der Waals surface area contributed by atoms with Crippen LogP contribution in [0.4, 0.5) is 0 Å². The van der Waals surface area contributed by atoms with Gasteiger partial charge in [0.25, 0.3) is 0 Å². The van der Waals surface area contributed by atoms with E-state index in [4.69, 9.17) is 24.7 Å². The third-order valence-corrected chi connectivity index (χ3v) is 3.74. The summed E-state index contributed by atoms with van der Waals surface area (Å²) in [6.07, 6.45) is 2.36. The summed E-state index contributed by atoms with van der Waals surface area (Å²) in [5.74, 6) is 0. The smallest absolute Gasteiger partial charge is 0.0732 e. The molecular weight excluding hydrogens is 246 g/mol. The van der Waals surface area contributed by atoms with Gasteiger partial charge in [-0.25, -0.2) is 0 Å². The minimum Gasteiger partial charge on any atom is -0.382 e. The number of hydrogen-bond donors (Lipinski definition) is 1. The van der Waals surface area contributed by atoms with Crippen molar-refractivity contribution in [1.29, 1.82) is 0 Å². The third-order valence-electron chi connectivity index (χ3n) is 3.74. The van der Waals surface area contributed by atoms with Gasteiger partial charge in [-0.1, -0.05) is 13.8 Å². The quantitative estimate of drug-likeness (QED) is 0.607. The fourth-order valence-corrected chi connectivity index (χ4v) is 2.27. The van der Waals surface area contributed by atoms with Crippen LogP contribution in [0.3, 0.4) is 0 Å². The molecule has 0 aromatic heterocycles. The highest BCUT2D eigenvalue weighted by Gasteiger charge is 2.39. The molecule has 2 unspecified atom stereocenters. The fourth-order valence-electron chi connectivity index (χ4n) is 2.27. The van der Waals surface area contributed by atoms with Crippen molar-refractivity contribution in [3.8, 4) is 0 Å². The van der Waals surface area contributed by atoms with Crippen LogP contribution in [-0.4, -0.2) is 58.9 Å². The minimum atomic E-state index is 0.130. The molecule has 0 aliphatic heterocycles. The second-order valence-corrected chi connectivity index (χ2v) is 5.68. The molecule has 1 rings (SSSR count). The van der Waals surface area contributed by atoms with E-state index in [9.17, 15) is 0 Å². The summed E-state index contributed by atoms with van der Waals surface area (Å²) in [6.45, 7) is 8.03. The molecule has 114 valence electrons. The standard InChI is InChI=1S/C14H29NO4/c1-14(2)5-4-12(13(14)15)19-11-10-18-9-8-17-7-6-16-3/h12-13H,4-11,15H2,1-3H3. The summed E-state index contributed by atoms with van der Waals surface area (Å²) in [7, 11) is 1.66. The Bertz CT molecular complexity index is 235. The number of rotatable bonds is 10. The van der Waals surface area contributed by atoms with Gasteiger partial charge in [-0.15, -0.1) is 0 Å². The van der Waals surface area contributed by atoms with Crippen LogP contribution < -0.4 is 5.73 Å². The first-order valence-corrected chi connectivity index (χ1v) is 7.09. The molecule has 1 fully saturated rings. The molecule has 0 heterocycles. The molecule has 19 heavy (non-hydrogen) atoms. The SMILES string of the molecule is COCCOCCOCCOC1CCC(C)(C)C1N. The molecule has 1 aliphatic carbocycles. The molecule has 0 spiro atoms. The van der Waals surface area contributed by atoms with Crippen molar-refractivity contribution in [3.05, 3.63) is 0 Å². The Morgan fingerprint density at radius 2 is 1.58 bits per heavy atom. The van der Waals surface area contributed by atoms with E-state index in [0.717, 1.165) is 12.8 Å². The zero-order valence-corrected chi connectivity index (χ0v) is 12.5. The summed E-state index contributed by atoms with van der Waals surface area (Å²) in [6, 6.07) is 0.130. The van der Waals surface area contributed by atoms with Gasteiger partial charge < -0.3 is 24.7 Å². The van der Waals surface area contributed by atoms with E-state index < -0.39 is 0 Å². The third kappa shape index (κ3) is 6.19. The highest BCUT2D eigenvalue weighted by atomic mass is 16.6. The van der Waals surface area contributed by atoms with E-state index in [1.54, 1.807) is 7.11 Å². The van der Waals surface area contributed by atoms with Crippen LogP contribution in [0.25, 0.3) is 0 Å². The van der Waals surface area contributed by atoms with E-state index in [1.807, 2.05) is 0 Å². The predicted octanol–water partition coefficient (Wildman–Crippen LogP) is 1.20. The molecule has 1 aliphatic rings. The van der Waals surface area contributed by atoms with Crippen LogP contribution in [0.2, 0.25) is 0 Å². The largest absolute Gasteiger partial charge is 0.382 e. The second-order valence-electron chi connectivity index (χ2n) is 5.68. The van der Waals surface area contributed by atoms with Crippen LogP contribution in [0.5, 0.6) is 0 Å². The van der Waals surface area contributed by atoms with Crippen molar-refractivity contribution in [2.24, 2.45) is 11.1 Å². The van der Waals surface area contributed by atoms with Gasteiger partial charge in [0.15, 0.2) is 0 Å². The van der Waals surface area contributed by atoms with Gasteiger partial charge in [-0.3, -0.25) is 0 Å². The lowest BCUT2D eigenvalue weighted by Gasteiger charge is -2.26. The van der Waals surface area contributed by atoms with Crippen LogP contribution in [-0.2, 0) is 18.9 Å². The fraction of sp³-hybridized carbons (Fsp3) is 1.00. The summed E-state index contributed by atoms with van der Waals surface area (Å²) in [4.78, 5) is 0. The Morgan fingerprint density at radius 3 is 2.11 bits per heavy atom. The molecule has 0 bridgehead atoms. The van der Waals surface area contributed by atoms with Crippen LogP contribution in [0.1, 0.15) is 26.7 Å². The maximum Gasteiger partial charge on any atom is 0.0732 e. The predicted molar refractivity (Wildman–Crippen MR) is 74.2 cm³/mol. The van der Waals surface area contributed by atoms with Crippen molar-refractivity contribution >= 4 is 0 Å². The second kappa shape index (κ2) is 8.87. The lowest BCUT2D eigenvalue weighted by Crippen LogP contribution is -2.41. The topological polar surface area (TPSA) is 62.9 Å². The average molecular weight is 275 g/mol. The van der Waals surface area contributed by atoms with E-state index in [1.165, 1.54) is 0 Å². The summed E-state index contributed by atoms with van der Waals surface area (Å²) in [5, 5.41) is 0. The van der Waals surface area contributed by atoms with Crippen LogP contribution in [0, 0.1) is 5.41 Å². The first-order chi connectivity index (χ1) is 9.08. The molecule has 0 amide bonds. The molecule has 5 nitrogen and oxygen atoms in total. The lowest BCUT2D eigenvalue weighted by atomic mass is 9.88. The van der Waals surface area contributed by atoms with Gasteiger partial charge >= 0.3 is 0 Å². The number of ether oxygens (including phenoxy) is 4. The lowest BCUT2D eigenvalue weighted by molar-refractivity contribution is -0.0211. The molecule has 0 aromatic rings. The maximum absolute atomic E-state index is 6.17. The van der Waals surface area contributed by atoms with Gasteiger partial charge in [0, 0.05) is 13.2 Å². The zero-order chi connectivity index (χ0) is 14.1. The summed E-state index contributed by atoms with van der Waals surface area (Å²) >= 11 is 0. The first-order valence-electron chi connectivity index (χ1n) is 7.09. The van der Waals surface area contributed by atoms with Crippen molar-refractivity contribution < 1.29 is 18.9 Å². The zero-order valence-electron chi connectivity index (χ0n) is 12.5. The normalized spacial score (nSPS) is 25.9. The average Bonchev–Trinajstić information content (AvgIpc) is 2.63. The molecular formula is C14H29NO4. The van der Waals surface area contributed by atoms with Crippen molar-refractivity contribution in [1.82, 2.24) is 0 Å². The molecule has 5 heteroatoms. The van der Waals surface area contributed by atoms with Gasteiger partial charge in [0.1, 0.15) is 0 Å². The first kappa shape index (κ1) is 16.9. The monoisotopic (exact) mass is 275 g/mol. The van der Waals surface area contributed by atoms with Crippen molar-refractivity contribution in [2.45, 2.75) is 38.8 Å². The van der Waals surface area contributed by atoms with Gasteiger partial charge in [-0.2, -0.15) is 0 Å². The van der Waals surface area contributed by atoms with Gasteiger partial charge in [0.05, 0.1) is 45.7 Å². The Hall–Kier alpha value is -0.200. The van der Waals surface area contributed by atoms with E-state index >= 15 is 0 Å². The number of methoxy groups -OCH3 is 1. The number of nitrogens with two attached hydrogens (primary N) is 1. The molecule has 0 aromatic carbocycles. The van der Waals surface area contributed by atoms with Crippen molar-refractivity contribution in [2.75, 3.05) is 46.8 Å². The Balaban J connectivity index is 1.92. The summed E-state index contributed by atoms with van der Waals surface area (Å²) < 4.78 is 21.4. The molecule has 0 saturated heterocycles. The Kier molecular flexibility index (Phi) is 7.87. The molecule has 1 saturated carbocycles. The Labute approximate surface area is 116 Å². The Morgan fingerprint density at radius 1 is 1.00 bits per heavy atom. The minimum absolute atomic E-state index is 0.130. The molecule has 2 atom stereocenters. The molecule has 2 N–H and O–H groups in total. The van der Waals surface area contributed by atoms with Crippen molar-refractivity contribution in [3.63, 3.8) is 0 Å². The molecule has 0 radical (unpaired) electrons. The highest BCUT2D eigenvalue weighted by molar-refractivity contribution is 4.94. The van der Waals surface area contributed by atoms with E-state index in [0.29, 0.717) is 39.6 Å². The number of hydrogen-bond acceptors (Lipinski definition) is 5.